The Bertz CT molecular complexity index is 1080. The Morgan fingerprint density at radius 3 is 1.14 bits per heavy atom. The van der Waals surface area contributed by atoms with E-state index >= 15 is 0 Å². The Kier molecular flexibility index (Phi) is 42.1. The summed E-state index contributed by atoms with van der Waals surface area (Å²) in [6, 6.07) is 0. The number of hydrogen-bond acceptors (Lipinski definition) is 6. The van der Waals surface area contributed by atoms with Crippen molar-refractivity contribution in [3.05, 3.63) is 72.9 Å². The zero-order valence-corrected chi connectivity index (χ0v) is 36.4. The van der Waals surface area contributed by atoms with Crippen LogP contribution in [-0.4, -0.2) is 37.2 Å². The molecule has 0 heterocycles. The van der Waals surface area contributed by atoms with Gasteiger partial charge in [-0.05, 0) is 89.9 Å². The first-order valence-electron chi connectivity index (χ1n) is 22.9. The molecule has 0 spiro atoms. The van der Waals surface area contributed by atoms with Gasteiger partial charge < -0.3 is 14.2 Å². The van der Waals surface area contributed by atoms with Crippen LogP contribution in [0.5, 0.6) is 0 Å². The average Bonchev–Trinajstić information content (AvgIpc) is 3.19. The van der Waals surface area contributed by atoms with Crippen LogP contribution in [0.3, 0.4) is 0 Å². The van der Waals surface area contributed by atoms with E-state index in [4.69, 9.17) is 14.2 Å². The third-order valence-electron chi connectivity index (χ3n) is 9.45. The number of esters is 3. The summed E-state index contributed by atoms with van der Waals surface area (Å²) in [5.74, 6) is -0.951. The normalized spacial score (nSPS) is 12.7. The van der Waals surface area contributed by atoms with Crippen molar-refractivity contribution in [3.8, 4) is 0 Å². The Balaban J connectivity index is 4.31. The summed E-state index contributed by atoms with van der Waals surface area (Å²) in [6.45, 7) is 6.38. The van der Waals surface area contributed by atoms with Crippen molar-refractivity contribution in [2.45, 2.75) is 213 Å². The van der Waals surface area contributed by atoms with E-state index in [-0.39, 0.29) is 31.1 Å². The summed E-state index contributed by atoms with van der Waals surface area (Å²) >= 11 is 0. The van der Waals surface area contributed by atoms with Crippen molar-refractivity contribution in [3.63, 3.8) is 0 Å². The van der Waals surface area contributed by atoms with Crippen molar-refractivity contribution in [1.82, 2.24) is 0 Å². The van der Waals surface area contributed by atoms with Crippen LogP contribution in [0, 0.1) is 0 Å². The van der Waals surface area contributed by atoms with E-state index in [0.717, 1.165) is 103 Å². The molecule has 320 valence electrons. The third-order valence-corrected chi connectivity index (χ3v) is 9.45. The first-order valence-corrected chi connectivity index (χ1v) is 22.9. The Hall–Kier alpha value is -3.15. The molecule has 0 aliphatic rings. The smallest absolute Gasteiger partial charge is 0.306 e. The van der Waals surface area contributed by atoms with Crippen molar-refractivity contribution >= 4 is 17.9 Å². The van der Waals surface area contributed by atoms with Gasteiger partial charge in [0.15, 0.2) is 6.10 Å². The SMILES string of the molecule is CC/C=C\C/C=C\C/C=C\CCCCCC(=O)OC(COC(=O)CCCCCCCC)COC(=O)CCCCCCCC/C=C\C/C=C\C/C=C\CCCCC. The van der Waals surface area contributed by atoms with Gasteiger partial charge in [-0.1, -0.05) is 171 Å². The quantitative estimate of drug-likeness (QED) is 0.0267. The molecular formula is C50H84O6. The molecule has 56 heavy (non-hydrogen) atoms. The standard InChI is InChI=1S/C50H84O6/c1-4-7-10-13-16-18-20-22-23-24-25-26-27-29-30-32-34-37-40-43-49(52)55-46-47(45-54-48(51)42-39-36-15-12-9-6-3)56-50(53)44-41-38-35-33-31-28-21-19-17-14-11-8-5-2/h8,11,16-19,22-23,25-26,28,31,47H,4-7,9-10,12-15,20-21,24,27,29-30,32-46H2,1-3H3/b11-8-,18-16-,19-17-,23-22-,26-25-,31-28-. The van der Waals surface area contributed by atoms with E-state index in [1.807, 2.05) is 0 Å². The minimum absolute atomic E-state index is 0.0927. The van der Waals surface area contributed by atoms with Crippen molar-refractivity contribution in [2.24, 2.45) is 0 Å². The molecule has 0 aliphatic carbocycles. The molecule has 0 aromatic rings. The maximum absolute atomic E-state index is 12.7. The van der Waals surface area contributed by atoms with Gasteiger partial charge in [0.1, 0.15) is 13.2 Å². The molecule has 0 N–H and O–H groups in total. The van der Waals surface area contributed by atoms with Gasteiger partial charge in [0, 0.05) is 19.3 Å². The number of carbonyl (C=O) groups is 3. The number of rotatable bonds is 40. The molecule has 1 unspecified atom stereocenters. The van der Waals surface area contributed by atoms with Gasteiger partial charge in [-0.3, -0.25) is 14.4 Å². The zero-order chi connectivity index (χ0) is 40.8. The molecule has 0 aromatic carbocycles. The molecule has 0 saturated heterocycles. The van der Waals surface area contributed by atoms with Crippen LogP contribution >= 0.6 is 0 Å². The molecule has 0 saturated carbocycles. The van der Waals surface area contributed by atoms with E-state index in [1.165, 1.54) is 64.2 Å². The number of hydrogen-bond donors (Lipinski definition) is 0. The van der Waals surface area contributed by atoms with Gasteiger partial charge in [0.2, 0.25) is 0 Å². The molecule has 1 atom stereocenters. The highest BCUT2D eigenvalue weighted by Crippen LogP contribution is 2.12. The molecule has 0 fully saturated rings. The topological polar surface area (TPSA) is 78.9 Å². The van der Waals surface area contributed by atoms with Crippen LogP contribution in [0.4, 0.5) is 0 Å². The van der Waals surface area contributed by atoms with Gasteiger partial charge in [-0.2, -0.15) is 0 Å². The van der Waals surface area contributed by atoms with Gasteiger partial charge in [0.25, 0.3) is 0 Å². The fraction of sp³-hybridized carbons (Fsp3) is 0.700. The summed E-state index contributed by atoms with van der Waals surface area (Å²) in [6.07, 6.45) is 54.8. The van der Waals surface area contributed by atoms with Crippen LogP contribution in [0.2, 0.25) is 0 Å². The van der Waals surface area contributed by atoms with Crippen LogP contribution < -0.4 is 0 Å². The lowest BCUT2D eigenvalue weighted by molar-refractivity contribution is -0.167. The minimum Gasteiger partial charge on any atom is -0.462 e. The number of unbranched alkanes of at least 4 members (excludes halogenated alkanes) is 17. The van der Waals surface area contributed by atoms with Crippen LogP contribution in [-0.2, 0) is 28.6 Å². The zero-order valence-electron chi connectivity index (χ0n) is 36.4. The van der Waals surface area contributed by atoms with Crippen LogP contribution in [0.15, 0.2) is 72.9 Å². The fourth-order valence-corrected chi connectivity index (χ4v) is 5.99. The second kappa shape index (κ2) is 44.6. The van der Waals surface area contributed by atoms with Crippen molar-refractivity contribution in [1.29, 1.82) is 0 Å². The summed E-state index contributed by atoms with van der Waals surface area (Å²) in [4.78, 5) is 37.6. The lowest BCUT2D eigenvalue weighted by Gasteiger charge is -2.18. The molecule has 6 heteroatoms. The van der Waals surface area contributed by atoms with Crippen molar-refractivity contribution in [2.75, 3.05) is 13.2 Å². The van der Waals surface area contributed by atoms with Crippen LogP contribution in [0.25, 0.3) is 0 Å². The van der Waals surface area contributed by atoms with Crippen molar-refractivity contribution < 1.29 is 28.6 Å². The van der Waals surface area contributed by atoms with Gasteiger partial charge in [0.05, 0.1) is 0 Å². The molecule has 0 radical (unpaired) electrons. The number of carbonyl (C=O) groups excluding carboxylic acids is 3. The first kappa shape index (κ1) is 52.9. The summed E-state index contributed by atoms with van der Waals surface area (Å²) in [5.41, 5.74) is 0. The molecule has 0 aliphatic heterocycles. The Morgan fingerprint density at radius 2 is 0.696 bits per heavy atom. The monoisotopic (exact) mass is 781 g/mol. The molecule has 6 nitrogen and oxygen atoms in total. The third kappa shape index (κ3) is 42.0. The van der Waals surface area contributed by atoms with E-state index in [2.05, 4.69) is 93.7 Å². The molecule has 0 bridgehead atoms. The van der Waals surface area contributed by atoms with Crippen LogP contribution in [0.1, 0.15) is 207 Å². The largest absolute Gasteiger partial charge is 0.462 e. The van der Waals surface area contributed by atoms with E-state index in [9.17, 15) is 14.4 Å². The van der Waals surface area contributed by atoms with Gasteiger partial charge in [-0.15, -0.1) is 0 Å². The predicted molar refractivity (Wildman–Crippen MR) is 238 cm³/mol. The fourth-order valence-electron chi connectivity index (χ4n) is 5.99. The van der Waals surface area contributed by atoms with E-state index in [0.29, 0.717) is 19.3 Å². The lowest BCUT2D eigenvalue weighted by Crippen LogP contribution is -2.30. The summed E-state index contributed by atoms with van der Waals surface area (Å²) in [7, 11) is 0. The second-order valence-electron chi connectivity index (χ2n) is 14.9. The average molecular weight is 781 g/mol. The molecule has 0 aromatic heterocycles. The Labute approximate surface area is 344 Å². The maximum Gasteiger partial charge on any atom is 0.306 e. The first-order chi connectivity index (χ1) is 27.5. The van der Waals surface area contributed by atoms with E-state index < -0.39 is 6.10 Å². The Morgan fingerprint density at radius 1 is 0.375 bits per heavy atom. The molecule has 0 rings (SSSR count). The maximum atomic E-state index is 12.7. The minimum atomic E-state index is -0.791. The molecule has 0 amide bonds. The molecular weight excluding hydrogens is 697 g/mol. The predicted octanol–water partition coefficient (Wildman–Crippen LogP) is 14.7. The lowest BCUT2D eigenvalue weighted by atomic mass is 10.1. The van der Waals surface area contributed by atoms with E-state index in [1.54, 1.807) is 0 Å². The number of ether oxygens (including phenoxy) is 3. The van der Waals surface area contributed by atoms with Gasteiger partial charge in [-0.25, -0.2) is 0 Å². The highest BCUT2D eigenvalue weighted by Gasteiger charge is 2.19. The second-order valence-corrected chi connectivity index (χ2v) is 14.9. The summed E-state index contributed by atoms with van der Waals surface area (Å²) < 4.78 is 16.6. The highest BCUT2D eigenvalue weighted by atomic mass is 16.6. The highest BCUT2D eigenvalue weighted by molar-refractivity contribution is 5.71. The number of allylic oxidation sites excluding steroid dienone is 12. The summed E-state index contributed by atoms with van der Waals surface area (Å²) in [5, 5.41) is 0. The van der Waals surface area contributed by atoms with Gasteiger partial charge >= 0.3 is 17.9 Å².